The average Bonchev–Trinajstić information content (AvgIpc) is 3.11. The van der Waals surface area contributed by atoms with Crippen molar-refractivity contribution in [2.45, 2.75) is 20.4 Å². The van der Waals surface area contributed by atoms with Gasteiger partial charge in [0.1, 0.15) is 17.3 Å². The molecule has 1 amide bonds. The highest BCUT2D eigenvalue weighted by Gasteiger charge is 2.14. The summed E-state index contributed by atoms with van der Waals surface area (Å²) in [5.41, 5.74) is 1.46. The average molecular weight is 373 g/mol. The monoisotopic (exact) mass is 373 g/mol. The number of aromatic nitrogens is 4. The molecular weight excluding hydrogens is 356 g/mol. The summed E-state index contributed by atoms with van der Waals surface area (Å²) in [6.07, 6.45) is 1.43. The van der Waals surface area contributed by atoms with Crippen LogP contribution in [-0.4, -0.2) is 32.2 Å². The highest BCUT2D eigenvalue weighted by Crippen LogP contribution is 2.22. The van der Waals surface area contributed by atoms with Crippen LogP contribution in [0.3, 0.4) is 0 Å². The molecule has 0 atom stereocenters. The lowest BCUT2D eigenvalue weighted by Crippen LogP contribution is -2.32. The maximum atomic E-state index is 13.8. The Morgan fingerprint density at radius 1 is 1.26 bits per heavy atom. The third-order valence-electron chi connectivity index (χ3n) is 4.18. The Labute approximate surface area is 153 Å². The normalized spacial score (nSPS) is 10.8. The molecule has 7 nitrogen and oxygen atoms in total. The molecule has 0 aliphatic carbocycles. The number of hydrogen-bond donors (Lipinski definition) is 2. The lowest BCUT2D eigenvalue weighted by Gasteiger charge is -2.08. The van der Waals surface area contributed by atoms with E-state index in [0.717, 1.165) is 12.1 Å². The van der Waals surface area contributed by atoms with E-state index in [0.29, 0.717) is 11.3 Å². The summed E-state index contributed by atoms with van der Waals surface area (Å²) in [6, 6.07) is 4.48. The number of carbonyl (C=O) groups excluding carboxylic acids is 1. The van der Waals surface area contributed by atoms with Crippen LogP contribution < -0.4 is 10.9 Å². The summed E-state index contributed by atoms with van der Waals surface area (Å²) in [6.45, 7) is 3.90. The Hall–Kier alpha value is -3.36. The molecule has 2 heterocycles. The van der Waals surface area contributed by atoms with Gasteiger partial charge in [0.2, 0.25) is 0 Å². The van der Waals surface area contributed by atoms with Crippen LogP contribution in [-0.2, 0) is 6.54 Å². The van der Waals surface area contributed by atoms with Gasteiger partial charge in [-0.05, 0) is 32.0 Å². The molecule has 0 saturated heterocycles. The summed E-state index contributed by atoms with van der Waals surface area (Å²) >= 11 is 0. The van der Waals surface area contributed by atoms with Gasteiger partial charge >= 0.3 is 0 Å². The van der Waals surface area contributed by atoms with Crippen LogP contribution in [0.2, 0.25) is 0 Å². The molecular formula is C18H17F2N5O2. The fourth-order valence-electron chi connectivity index (χ4n) is 2.49. The fraction of sp³-hybridized carbons (Fsp3) is 0.222. The van der Waals surface area contributed by atoms with Gasteiger partial charge in [-0.3, -0.25) is 19.3 Å². The number of amides is 1. The van der Waals surface area contributed by atoms with Crippen molar-refractivity contribution in [3.05, 3.63) is 69.5 Å². The molecule has 1 aromatic carbocycles. The van der Waals surface area contributed by atoms with E-state index in [4.69, 9.17) is 0 Å². The first kappa shape index (κ1) is 18.4. The largest absolute Gasteiger partial charge is 0.349 e. The lowest BCUT2D eigenvalue weighted by molar-refractivity contribution is 0.0947. The second-order valence-electron chi connectivity index (χ2n) is 6.00. The Morgan fingerprint density at radius 3 is 2.78 bits per heavy atom. The van der Waals surface area contributed by atoms with Crippen LogP contribution >= 0.6 is 0 Å². The highest BCUT2D eigenvalue weighted by molar-refractivity contribution is 5.93. The van der Waals surface area contributed by atoms with Gasteiger partial charge in [0.15, 0.2) is 0 Å². The second kappa shape index (κ2) is 7.48. The van der Waals surface area contributed by atoms with Crippen molar-refractivity contribution in [2.75, 3.05) is 6.54 Å². The van der Waals surface area contributed by atoms with Gasteiger partial charge in [-0.2, -0.15) is 5.10 Å². The van der Waals surface area contributed by atoms with Crippen LogP contribution in [0.4, 0.5) is 8.78 Å². The Bertz CT molecular complexity index is 1060. The lowest BCUT2D eigenvalue weighted by atomic mass is 10.1. The molecule has 3 rings (SSSR count). The summed E-state index contributed by atoms with van der Waals surface area (Å²) in [4.78, 5) is 28.4. The zero-order valence-corrected chi connectivity index (χ0v) is 14.7. The van der Waals surface area contributed by atoms with E-state index >= 15 is 0 Å². The van der Waals surface area contributed by atoms with Crippen LogP contribution in [0, 0.1) is 25.5 Å². The van der Waals surface area contributed by atoms with Crippen molar-refractivity contribution in [3.63, 3.8) is 0 Å². The summed E-state index contributed by atoms with van der Waals surface area (Å²) in [5.74, 6) is -1.92. The minimum atomic E-state index is -0.768. The van der Waals surface area contributed by atoms with Crippen molar-refractivity contribution in [3.8, 4) is 11.3 Å². The van der Waals surface area contributed by atoms with Gasteiger partial charge in [-0.25, -0.2) is 13.8 Å². The molecule has 0 bridgehead atoms. The van der Waals surface area contributed by atoms with E-state index in [1.54, 1.807) is 13.8 Å². The quantitative estimate of drug-likeness (QED) is 0.715. The molecule has 0 aliphatic heterocycles. The van der Waals surface area contributed by atoms with Crippen molar-refractivity contribution in [2.24, 2.45) is 0 Å². The van der Waals surface area contributed by atoms with Gasteiger partial charge in [-0.15, -0.1) is 0 Å². The number of aromatic amines is 1. The standard InChI is InChI=1S/C18H17F2N5O2/c1-10-11(2)22-9-25(18(10)27)6-5-21-17(26)16-8-15(23-24-16)13-4-3-12(19)7-14(13)20/h3-4,7-9H,5-6H2,1-2H3,(H,21,26)(H,23,24). The number of nitrogens with one attached hydrogen (secondary N) is 2. The van der Waals surface area contributed by atoms with Gasteiger partial charge in [-0.1, -0.05) is 0 Å². The summed E-state index contributed by atoms with van der Waals surface area (Å²) < 4.78 is 28.2. The number of H-pyrrole nitrogens is 1. The van der Waals surface area contributed by atoms with E-state index in [-0.39, 0.29) is 35.6 Å². The summed E-state index contributed by atoms with van der Waals surface area (Å²) in [5, 5.41) is 9.05. The van der Waals surface area contributed by atoms with Crippen LogP contribution in [0.25, 0.3) is 11.3 Å². The minimum absolute atomic E-state index is 0.0828. The van der Waals surface area contributed by atoms with Gasteiger partial charge in [0.05, 0.1) is 12.0 Å². The molecule has 140 valence electrons. The van der Waals surface area contributed by atoms with E-state index in [1.807, 2.05) is 0 Å². The molecule has 3 aromatic rings. The molecule has 0 radical (unpaired) electrons. The van der Waals surface area contributed by atoms with Gasteiger partial charge in [0, 0.05) is 36.0 Å². The number of benzene rings is 1. The topological polar surface area (TPSA) is 92.7 Å². The number of halogens is 2. The zero-order valence-electron chi connectivity index (χ0n) is 14.7. The third kappa shape index (κ3) is 3.91. The van der Waals surface area contributed by atoms with Gasteiger partial charge < -0.3 is 5.32 Å². The van der Waals surface area contributed by atoms with Crippen molar-refractivity contribution in [1.29, 1.82) is 0 Å². The Balaban J connectivity index is 1.65. The van der Waals surface area contributed by atoms with Crippen molar-refractivity contribution >= 4 is 5.91 Å². The predicted octanol–water partition coefficient (Wildman–Crippen LogP) is 1.96. The van der Waals surface area contributed by atoms with E-state index < -0.39 is 17.5 Å². The summed E-state index contributed by atoms with van der Waals surface area (Å²) in [7, 11) is 0. The SMILES string of the molecule is Cc1ncn(CCNC(=O)c2cc(-c3ccc(F)cc3F)n[nH]2)c(=O)c1C. The molecule has 2 aromatic heterocycles. The number of carbonyl (C=O) groups is 1. The molecule has 27 heavy (non-hydrogen) atoms. The third-order valence-corrected chi connectivity index (χ3v) is 4.18. The maximum Gasteiger partial charge on any atom is 0.269 e. The predicted molar refractivity (Wildman–Crippen MR) is 94.2 cm³/mol. The van der Waals surface area contributed by atoms with E-state index in [1.165, 1.54) is 23.0 Å². The van der Waals surface area contributed by atoms with Gasteiger partial charge in [0.25, 0.3) is 11.5 Å². The first-order valence-corrected chi connectivity index (χ1v) is 8.18. The molecule has 9 heteroatoms. The maximum absolute atomic E-state index is 13.8. The number of aryl methyl sites for hydroxylation is 1. The first-order chi connectivity index (χ1) is 12.9. The number of rotatable bonds is 5. The van der Waals surface area contributed by atoms with Crippen LogP contribution in [0.1, 0.15) is 21.7 Å². The van der Waals surface area contributed by atoms with Crippen molar-refractivity contribution < 1.29 is 13.6 Å². The molecule has 0 fully saturated rings. The number of hydrogen-bond acceptors (Lipinski definition) is 4. The highest BCUT2D eigenvalue weighted by atomic mass is 19.1. The zero-order chi connectivity index (χ0) is 19.6. The molecule has 2 N–H and O–H groups in total. The second-order valence-corrected chi connectivity index (χ2v) is 6.00. The molecule has 0 unspecified atom stereocenters. The van der Waals surface area contributed by atoms with Crippen LogP contribution in [0.15, 0.2) is 35.4 Å². The Morgan fingerprint density at radius 2 is 2.04 bits per heavy atom. The Kier molecular flexibility index (Phi) is 5.11. The van der Waals surface area contributed by atoms with Crippen molar-refractivity contribution in [1.82, 2.24) is 25.1 Å². The first-order valence-electron chi connectivity index (χ1n) is 8.18. The molecule has 0 saturated carbocycles. The molecule has 0 spiro atoms. The van der Waals surface area contributed by atoms with E-state index in [9.17, 15) is 18.4 Å². The fourth-order valence-corrected chi connectivity index (χ4v) is 2.49. The minimum Gasteiger partial charge on any atom is -0.349 e. The number of nitrogens with zero attached hydrogens (tertiary/aromatic N) is 3. The molecule has 0 aliphatic rings. The van der Waals surface area contributed by atoms with Crippen LogP contribution in [0.5, 0.6) is 0 Å². The van der Waals surface area contributed by atoms with E-state index in [2.05, 4.69) is 20.5 Å². The smallest absolute Gasteiger partial charge is 0.269 e.